The molecule has 0 saturated heterocycles. The summed E-state index contributed by atoms with van der Waals surface area (Å²) in [5.74, 6) is 3.67. The van der Waals surface area contributed by atoms with E-state index in [4.69, 9.17) is 11.6 Å². The molecule has 96 valence electrons. The van der Waals surface area contributed by atoms with Crippen molar-refractivity contribution in [2.45, 2.75) is 39.7 Å². The number of amides is 1. The van der Waals surface area contributed by atoms with Crippen molar-refractivity contribution in [2.24, 2.45) is 23.4 Å². The van der Waals surface area contributed by atoms with Crippen molar-refractivity contribution in [3.8, 4) is 0 Å². The van der Waals surface area contributed by atoms with Crippen LogP contribution < -0.4 is 17.0 Å². The van der Waals surface area contributed by atoms with Gasteiger partial charge in [-0.25, -0.2) is 5.84 Å². The topological polar surface area (TPSA) is 98.2 Å². The normalized spacial score (nSPS) is 13.9. The molecule has 0 radical (unpaired) electrons. The molecule has 1 amide bonds. The van der Waals surface area contributed by atoms with E-state index in [1.807, 2.05) is 26.2 Å². The van der Waals surface area contributed by atoms with E-state index >= 15 is 0 Å². The number of carbonyl (C=O) groups excluding carboxylic acids is 2. The molecule has 0 aromatic carbocycles. The zero-order chi connectivity index (χ0) is 12.0. The highest BCUT2D eigenvalue weighted by atomic mass is 35.5. The minimum Gasteiger partial charge on any atom is -0.321 e. The highest BCUT2D eigenvalue weighted by Gasteiger charge is 2.30. The average molecular weight is 252 g/mol. The van der Waals surface area contributed by atoms with Gasteiger partial charge >= 0.3 is 0 Å². The molecule has 5 N–H and O–H groups in total. The van der Waals surface area contributed by atoms with Crippen molar-refractivity contribution >= 4 is 24.1 Å². The Kier molecular flexibility index (Phi) is 9.42. The van der Waals surface area contributed by atoms with Crippen LogP contribution in [0.25, 0.3) is 0 Å². The summed E-state index contributed by atoms with van der Waals surface area (Å²) < 4.78 is 0. The number of carbonyl (C=O) groups is 2. The lowest BCUT2D eigenvalue weighted by Gasteiger charge is -2.20. The summed E-state index contributed by atoms with van der Waals surface area (Å²) in [4.78, 5) is 23.2. The maximum Gasteiger partial charge on any atom is 0.244 e. The van der Waals surface area contributed by atoms with E-state index in [0.717, 1.165) is 6.42 Å². The molecule has 0 rings (SSSR count). The molecular formula is C10H22ClN3O2. The Labute approximate surface area is 103 Å². The number of hydrazine groups is 1. The third-order valence-electron chi connectivity index (χ3n) is 2.43. The van der Waals surface area contributed by atoms with Gasteiger partial charge in [-0.1, -0.05) is 27.2 Å². The predicted octanol–water partition coefficient (Wildman–Crippen LogP) is 0.367. The van der Waals surface area contributed by atoms with E-state index in [9.17, 15) is 9.59 Å². The van der Waals surface area contributed by atoms with Crippen molar-refractivity contribution in [3.63, 3.8) is 0 Å². The molecule has 0 aromatic heterocycles. The molecule has 0 fully saturated rings. The van der Waals surface area contributed by atoms with E-state index in [-0.39, 0.29) is 24.1 Å². The van der Waals surface area contributed by atoms with Crippen LogP contribution in [0.3, 0.4) is 0 Å². The highest BCUT2D eigenvalue weighted by Crippen LogP contribution is 2.13. The van der Waals surface area contributed by atoms with Crippen LogP contribution in [0.1, 0.15) is 33.6 Å². The summed E-state index contributed by atoms with van der Waals surface area (Å²) in [6, 6.07) is -0.598. The Morgan fingerprint density at radius 1 is 1.31 bits per heavy atom. The number of ketones is 1. The van der Waals surface area contributed by atoms with Crippen LogP contribution in [0.15, 0.2) is 0 Å². The van der Waals surface area contributed by atoms with E-state index in [0.29, 0.717) is 6.42 Å². The summed E-state index contributed by atoms with van der Waals surface area (Å²) in [7, 11) is 0. The van der Waals surface area contributed by atoms with Crippen molar-refractivity contribution in [2.75, 3.05) is 0 Å². The van der Waals surface area contributed by atoms with Crippen LogP contribution in [0, 0.1) is 11.8 Å². The number of nitrogens with two attached hydrogens (primary N) is 2. The molecule has 0 aliphatic carbocycles. The summed E-state index contributed by atoms with van der Waals surface area (Å²) in [5.41, 5.74) is 7.72. The van der Waals surface area contributed by atoms with Gasteiger partial charge in [-0.2, -0.15) is 0 Å². The largest absolute Gasteiger partial charge is 0.321 e. The summed E-state index contributed by atoms with van der Waals surface area (Å²) in [5, 5.41) is 0. The minimum atomic E-state index is -0.711. The van der Waals surface area contributed by atoms with Gasteiger partial charge in [-0.3, -0.25) is 15.0 Å². The van der Waals surface area contributed by atoms with E-state index in [1.165, 1.54) is 0 Å². The lowest BCUT2D eigenvalue weighted by Crippen LogP contribution is -2.47. The summed E-state index contributed by atoms with van der Waals surface area (Å²) in [6.07, 6.45) is 1.23. The third kappa shape index (κ3) is 4.92. The van der Waals surface area contributed by atoms with Crippen LogP contribution >= 0.6 is 12.4 Å². The molecule has 0 aliphatic heterocycles. The van der Waals surface area contributed by atoms with Gasteiger partial charge in [-0.05, 0) is 12.3 Å². The molecule has 5 nitrogen and oxygen atoms in total. The fraction of sp³-hybridized carbons (Fsp3) is 0.800. The first kappa shape index (κ1) is 17.7. The average Bonchev–Trinajstić information content (AvgIpc) is 2.22. The van der Waals surface area contributed by atoms with Crippen molar-refractivity contribution in [1.29, 1.82) is 0 Å². The van der Waals surface area contributed by atoms with Gasteiger partial charge in [0.2, 0.25) is 5.91 Å². The third-order valence-corrected chi connectivity index (χ3v) is 2.43. The standard InChI is InChI=1S/C10H21N3O2.ClH/c1-4-5-7(10(15)13-12)9(14)8(11)6(2)3;/h6-8H,4-5,11-12H2,1-3H3,(H,13,15);1H/t7?,8-;/m0./s1. The van der Waals surface area contributed by atoms with Gasteiger partial charge < -0.3 is 5.73 Å². The first-order valence-corrected chi connectivity index (χ1v) is 5.25. The van der Waals surface area contributed by atoms with Gasteiger partial charge in [0.1, 0.15) is 0 Å². The van der Waals surface area contributed by atoms with Crippen LogP contribution in [0.2, 0.25) is 0 Å². The minimum absolute atomic E-state index is 0. The quantitative estimate of drug-likeness (QED) is 0.275. The maximum atomic E-state index is 11.8. The molecule has 0 aliphatic rings. The molecule has 0 bridgehead atoms. The summed E-state index contributed by atoms with van der Waals surface area (Å²) in [6.45, 7) is 5.61. The molecule has 0 aromatic rings. The summed E-state index contributed by atoms with van der Waals surface area (Å²) >= 11 is 0. The molecule has 6 heteroatoms. The molecule has 0 saturated carbocycles. The van der Waals surface area contributed by atoms with Crippen molar-refractivity contribution in [3.05, 3.63) is 0 Å². The Morgan fingerprint density at radius 2 is 1.81 bits per heavy atom. The molecule has 1 unspecified atom stereocenters. The second-order valence-corrected chi connectivity index (χ2v) is 4.02. The van der Waals surface area contributed by atoms with Gasteiger partial charge in [0.05, 0.1) is 12.0 Å². The number of Topliss-reactive ketones (excluding diaryl/α,β-unsaturated/α-hetero) is 1. The van der Waals surface area contributed by atoms with Gasteiger partial charge in [0, 0.05) is 0 Å². The Morgan fingerprint density at radius 3 is 2.12 bits per heavy atom. The number of hydrogen-bond acceptors (Lipinski definition) is 4. The van der Waals surface area contributed by atoms with E-state index in [1.54, 1.807) is 0 Å². The molecule has 2 atom stereocenters. The molecule has 0 heterocycles. The fourth-order valence-electron chi connectivity index (χ4n) is 1.35. The Hall–Kier alpha value is -0.650. The smallest absolute Gasteiger partial charge is 0.244 e. The second-order valence-electron chi connectivity index (χ2n) is 4.02. The first-order chi connectivity index (χ1) is 6.95. The monoisotopic (exact) mass is 251 g/mol. The first-order valence-electron chi connectivity index (χ1n) is 5.25. The van der Waals surface area contributed by atoms with Gasteiger partial charge in [0.25, 0.3) is 0 Å². The SMILES string of the molecule is CCCC(C(=O)NN)C(=O)[C@@H](N)C(C)C.Cl. The van der Waals surface area contributed by atoms with Gasteiger partial charge in [-0.15, -0.1) is 12.4 Å². The number of rotatable bonds is 6. The number of hydrogen-bond donors (Lipinski definition) is 3. The molecule has 0 spiro atoms. The van der Waals surface area contributed by atoms with E-state index < -0.39 is 17.9 Å². The zero-order valence-electron chi connectivity index (χ0n) is 10.0. The van der Waals surface area contributed by atoms with E-state index in [2.05, 4.69) is 0 Å². The Balaban J connectivity index is 0. The van der Waals surface area contributed by atoms with Crippen molar-refractivity contribution < 1.29 is 9.59 Å². The van der Waals surface area contributed by atoms with Crippen LogP contribution in [-0.2, 0) is 9.59 Å². The van der Waals surface area contributed by atoms with Crippen LogP contribution in [0.4, 0.5) is 0 Å². The van der Waals surface area contributed by atoms with Crippen LogP contribution in [0.5, 0.6) is 0 Å². The maximum absolute atomic E-state index is 11.8. The van der Waals surface area contributed by atoms with Crippen LogP contribution in [-0.4, -0.2) is 17.7 Å². The fourth-order valence-corrected chi connectivity index (χ4v) is 1.35. The van der Waals surface area contributed by atoms with Gasteiger partial charge in [0.15, 0.2) is 5.78 Å². The number of halogens is 1. The molecule has 16 heavy (non-hydrogen) atoms. The lowest BCUT2D eigenvalue weighted by molar-refractivity contribution is -0.135. The Bertz CT molecular complexity index is 234. The lowest BCUT2D eigenvalue weighted by atomic mass is 9.88. The second kappa shape index (κ2) is 8.50. The number of nitrogens with one attached hydrogen (secondary N) is 1. The van der Waals surface area contributed by atoms with Crippen molar-refractivity contribution in [1.82, 2.24) is 5.43 Å². The highest BCUT2D eigenvalue weighted by molar-refractivity contribution is 6.03. The zero-order valence-corrected chi connectivity index (χ0v) is 10.8. The molecular weight excluding hydrogens is 230 g/mol. The predicted molar refractivity (Wildman–Crippen MR) is 65.8 cm³/mol.